The fourth-order valence-corrected chi connectivity index (χ4v) is 4.66. The molecule has 1 aliphatic carbocycles. The molecule has 1 aromatic heterocycles. The Balaban J connectivity index is 1.54. The molecule has 2 aliphatic rings. The van der Waals surface area contributed by atoms with E-state index in [4.69, 9.17) is 9.94 Å². The molecule has 160 valence electrons. The number of morpholine rings is 1. The fourth-order valence-electron chi connectivity index (χ4n) is 4.66. The van der Waals surface area contributed by atoms with Gasteiger partial charge in [-0.3, -0.25) is 19.7 Å². The van der Waals surface area contributed by atoms with Gasteiger partial charge in [-0.25, -0.2) is 5.48 Å². The fraction of sp³-hybridized carbons (Fsp3) is 0.478. The van der Waals surface area contributed by atoms with Crippen LogP contribution in [0.1, 0.15) is 49.7 Å². The number of hydroxylamine groups is 1. The zero-order valence-corrected chi connectivity index (χ0v) is 17.6. The van der Waals surface area contributed by atoms with E-state index in [2.05, 4.69) is 16.4 Å². The third kappa shape index (κ3) is 3.93. The van der Waals surface area contributed by atoms with Crippen molar-refractivity contribution in [3.8, 4) is 0 Å². The maximum absolute atomic E-state index is 13.3. The molecular formula is C23H29N3O4. The van der Waals surface area contributed by atoms with Gasteiger partial charge in [-0.05, 0) is 49.9 Å². The highest BCUT2D eigenvalue weighted by molar-refractivity contribution is 6.01. The number of nitrogens with one attached hydrogen (secondary N) is 1. The lowest BCUT2D eigenvalue weighted by atomic mass is 9.84. The summed E-state index contributed by atoms with van der Waals surface area (Å²) in [5.41, 5.74) is 7.35. The van der Waals surface area contributed by atoms with Crippen LogP contribution in [0.4, 0.5) is 0 Å². The zero-order chi connectivity index (χ0) is 21.3. The molecule has 0 radical (unpaired) electrons. The van der Waals surface area contributed by atoms with E-state index < -0.39 is 5.91 Å². The van der Waals surface area contributed by atoms with Crippen LogP contribution in [0.3, 0.4) is 0 Å². The molecule has 7 heteroatoms. The minimum atomic E-state index is -0.524. The molecule has 1 aromatic carbocycles. The number of ether oxygens (including phenoxy) is 1. The smallest absolute Gasteiger partial charge is 0.274 e. The molecule has 1 atom stereocenters. The number of hydrogen-bond donors (Lipinski definition) is 2. The molecule has 1 saturated heterocycles. The average Bonchev–Trinajstić information content (AvgIpc) is 3.01. The first-order valence-electron chi connectivity index (χ1n) is 10.6. The van der Waals surface area contributed by atoms with Crippen molar-refractivity contribution in [2.75, 3.05) is 32.8 Å². The van der Waals surface area contributed by atoms with Gasteiger partial charge in [0.1, 0.15) is 0 Å². The first-order valence-corrected chi connectivity index (χ1v) is 10.6. The molecule has 30 heavy (non-hydrogen) atoms. The van der Waals surface area contributed by atoms with Gasteiger partial charge in [-0.2, -0.15) is 0 Å². The number of amides is 1. The topological polar surface area (TPSA) is 83.8 Å². The highest BCUT2D eigenvalue weighted by Crippen LogP contribution is 2.33. The monoisotopic (exact) mass is 411 g/mol. The van der Waals surface area contributed by atoms with Crippen molar-refractivity contribution in [1.82, 2.24) is 14.9 Å². The van der Waals surface area contributed by atoms with E-state index in [9.17, 15) is 9.59 Å². The van der Waals surface area contributed by atoms with Crippen LogP contribution in [0.15, 0.2) is 24.3 Å². The highest BCUT2D eigenvalue weighted by Gasteiger charge is 2.34. The van der Waals surface area contributed by atoms with E-state index in [0.717, 1.165) is 73.8 Å². The lowest BCUT2D eigenvalue weighted by Gasteiger charge is -2.31. The second kappa shape index (κ2) is 8.71. The van der Waals surface area contributed by atoms with Crippen molar-refractivity contribution < 1.29 is 19.5 Å². The number of rotatable bonds is 5. The highest BCUT2D eigenvalue weighted by atomic mass is 16.5. The number of carbonyl (C=O) groups excluding carboxylic acids is 2. The normalized spacial score (nSPS) is 19.6. The summed E-state index contributed by atoms with van der Waals surface area (Å²) in [5, 5.41) is 8.77. The minimum absolute atomic E-state index is 0.0563. The van der Waals surface area contributed by atoms with Crippen LogP contribution >= 0.6 is 0 Å². The van der Waals surface area contributed by atoms with Crippen molar-refractivity contribution in [1.29, 1.82) is 0 Å². The Kier molecular flexibility index (Phi) is 6.04. The largest absolute Gasteiger partial charge is 0.379 e. The summed E-state index contributed by atoms with van der Waals surface area (Å²) in [5.74, 6) is -0.193. The van der Waals surface area contributed by atoms with Crippen LogP contribution in [-0.2, 0) is 17.7 Å². The Hall–Kier alpha value is -2.48. The molecule has 2 aromatic rings. The lowest BCUT2D eigenvalue weighted by molar-refractivity contribution is 0.0291. The maximum Gasteiger partial charge on any atom is 0.274 e. The Bertz CT molecular complexity index is 942. The van der Waals surface area contributed by atoms with Gasteiger partial charge in [-0.15, -0.1) is 0 Å². The Labute approximate surface area is 176 Å². The van der Waals surface area contributed by atoms with Gasteiger partial charge in [0.2, 0.25) is 0 Å². The Morgan fingerprint density at radius 1 is 1.20 bits per heavy atom. The number of benzene rings is 1. The van der Waals surface area contributed by atoms with E-state index in [1.807, 2.05) is 19.1 Å². The van der Waals surface area contributed by atoms with Gasteiger partial charge in [0.15, 0.2) is 5.78 Å². The van der Waals surface area contributed by atoms with Crippen LogP contribution in [0.2, 0.25) is 0 Å². The number of aromatic nitrogens is 1. The van der Waals surface area contributed by atoms with Crippen molar-refractivity contribution in [3.05, 3.63) is 57.9 Å². The standard InChI is InChI=1S/C23H29N3O4/c1-15-16(2)26(13-17-3-5-18(6-4-17)23(28)24-29)20-8-7-19(22(27)21(15)20)14-25-9-11-30-12-10-25/h3-6,19,29H,7-14H2,1-2H3,(H,24,28). The number of fused-ring (bicyclic) bond motifs is 1. The van der Waals surface area contributed by atoms with Crippen LogP contribution in [0, 0.1) is 19.8 Å². The van der Waals surface area contributed by atoms with Gasteiger partial charge in [0, 0.05) is 54.6 Å². The zero-order valence-electron chi connectivity index (χ0n) is 17.6. The molecule has 0 saturated carbocycles. The summed E-state index contributed by atoms with van der Waals surface area (Å²) in [6.07, 6.45) is 1.78. The molecule has 1 aliphatic heterocycles. The molecule has 0 bridgehead atoms. The lowest BCUT2D eigenvalue weighted by Crippen LogP contribution is -2.42. The first kappa shape index (κ1) is 20.8. The predicted molar refractivity (Wildman–Crippen MR) is 112 cm³/mol. The van der Waals surface area contributed by atoms with Crippen molar-refractivity contribution >= 4 is 11.7 Å². The van der Waals surface area contributed by atoms with E-state index in [1.165, 1.54) is 0 Å². The van der Waals surface area contributed by atoms with Crippen molar-refractivity contribution in [2.45, 2.75) is 33.2 Å². The molecule has 1 amide bonds. The summed E-state index contributed by atoms with van der Waals surface area (Å²) < 4.78 is 7.67. The van der Waals surface area contributed by atoms with Crippen molar-refractivity contribution in [3.63, 3.8) is 0 Å². The van der Waals surface area contributed by atoms with E-state index >= 15 is 0 Å². The SMILES string of the molecule is Cc1c2c(n(Cc3ccc(C(=O)NO)cc3)c1C)CCC(CN1CCOCC1)C2=O. The van der Waals surface area contributed by atoms with Crippen molar-refractivity contribution in [2.24, 2.45) is 5.92 Å². The summed E-state index contributed by atoms with van der Waals surface area (Å²) in [4.78, 5) is 27.2. The van der Waals surface area contributed by atoms with E-state index in [1.54, 1.807) is 17.6 Å². The van der Waals surface area contributed by atoms with Gasteiger partial charge >= 0.3 is 0 Å². The third-order valence-corrected chi connectivity index (χ3v) is 6.52. The van der Waals surface area contributed by atoms with Crippen LogP contribution in [0.5, 0.6) is 0 Å². The molecule has 1 unspecified atom stereocenters. The number of nitrogens with zero attached hydrogens (tertiary/aromatic N) is 2. The van der Waals surface area contributed by atoms with Gasteiger partial charge in [0.25, 0.3) is 5.91 Å². The second-order valence-corrected chi connectivity index (χ2v) is 8.27. The number of hydrogen-bond acceptors (Lipinski definition) is 5. The van der Waals surface area contributed by atoms with Gasteiger partial charge in [0.05, 0.1) is 13.2 Å². The van der Waals surface area contributed by atoms with Crippen LogP contribution < -0.4 is 5.48 Å². The van der Waals surface area contributed by atoms with Gasteiger partial charge in [-0.1, -0.05) is 12.1 Å². The summed E-state index contributed by atoms with van der Waals surface area (Å²) in [6, 6.07) is 7.17. The van der Waals surface area contributed by atoms with Crippen LogP contribution in [0.25, 0.3) is 0 Å². The second-order valence-electron chi connectivity index (χ2n) is 8.27. The van der Waals surface area contributed by atoms with E-state index in [0.29, 0.717) is 12.1 Å². The summed E-state index contributed by atoms with van der Waals surface area (Å²) >= 11 is 0. The molecular weight excluding hydrogens is 382 g/mol. The number of Topliss-reactive ketones (excluding diaryl/α,β-unsaturated/α-hetero) is 1. The number of carbonyl (C=O) groups is 2. The Morgan fingerprint density at radius 3 is 2.57 bits per heavy atom. The Morgan fingerprint density at radius 2 is 1.90 bits per heavy atom. The summed E-state index contributed by atoms with van der Waals surface area (Å²) in [7, 11) is 0. The summed E-state index contributed by atoms with van der Waals surface area (Å²) in [6.45, 7) is 8.91. The minimum Gasteiger partial charge on any atom is -0.379 e. The first-order chi connectivity index (χ1) is 14.5. The van der Waals surface area contributed by atoms with E-state index in [-0.39, 0.29) is 11.7 Å². The molecule has 1 fully saturated rings. The number of ketones is 1. The molecule has 7 nitrogen and oxygen atoms in total. The average molecular weight is 412 g/mol. The third-order valence-electron chi connectivity index (χ3n) is 6.52. The quantitative estimate of drug-likeness (QED) is 0.583. The molecule has 2 heterocycles. The molecule has 2 N–H and O–H groups in total. The molecule has 0 spiro atoms. The van der Waals surface area contributed by atoms with Crippen LogP contribution in [-0.4, -0.2) is 59.2 Å². The maximum atomic E-state index is 13.3. The van der Waals surface area contributed by atoms with Gasteiger partial charge < -0.3 is 9.30 Å². The predicted octanol–water partition coefficient (Wildman–Crippen LogP) is 2.35. The molecule has 4 rings (SSSR count).